The standard InChI is InChI=1S/C39H23ClN2O2/c40-38-34(41-35-27-15-7-8-16-30(27)43-39(35)42-38)28-19-17-21-9-1-3-11-23(21)31-25-13-5-6-14-26(25)32-29-20-18-22-10-2-4-12-24(22)36(29)44-37(32)33(28)31/h1-16,18,20,28H,17,19H2. The second kappa shape index (κ2) is 8.91. The van der Waals surface area contributed by atoms with Crippen molar-refractivity contribution >= 4 is 77.3 Å². The number of benzene rings is 6. The van der Waals surface area contributed by atoms with E-state index >= 15 is 0 Å². The topological polar surface area (TPSA) is 52.1 Å². The Hall–Kier alpha value is -5.19. The summed E-state index contributed by atoms with van der Waals surface area (Å²) in [5, 5.41) is 8.18. The molecule has 4 nitrogen and oxygen atoms in total. The third kappa shape index (κ3) is 3.23. The molecule has 10 rings (SSSR count). The summed E-state index contributed by atoms with van der Waals surface area (Å²) < 4.78 is 13.1. The van der Waals surface area contributed by atoms with E-state index < -0.39 is 0 Å². The van der Waals surface area contributed by atoms with Crippen LogP contribution in [0.15, 0.2) is 118 Å². The largest absolute Gasteiger partial charge is 0.455 e. The van der Waals surface area contributed by atoms with Gasteiger partial charge in [0, 0.05) is 33.0 Å². The van der Waals surface area contributed by atoms with E-state index in [4.69, 9.17) is 30.4 Å². The van der Waals surface area contributed by atoms with Gasteiger partial charge in [0.2, 0.25) is 5.71 Å². The molecule has 0 amide bonds. The maximum atomic E-state index is 7.07. The molecule has 208 valence electrons. The number of hydrogen-bond acceptors (Lipinski definition) is 4. The first-order valence-corrected chi connectivity index (χ1v) is 15.3. The highest BCUT2D eigenvalue weighted by Crippen LogP contribution is 2.52. The van der Waals surface area contributed by atoms with Crippen LogP contribution in [-0.2, 0) is 6.42 Å². The predicted molar refractivity (Wildman–Crippen MR) is 179 cm³/mol. The van der Waals surface area contributed by atoms with E-state index in [1.54, 1.807) is 0 Å². The fourth-order valence-electron chi connectivity index (χ4n) is 7.52. The van der Waals surface area contributed by atoms with Gasteiger partial charge < -0.3 is 8.83 Å². The maximum absolute atomic E-state index is 7.07. The summed E-state index contributed by atoms with van der Waals surface area (Å²) in [5.41, 5.74) is 9.32. The summed E-state index contributed by atoms with van der Waals surface area (Å²) in [6.45, 7) is 0. The number of aromatic nitrogens is 2. The minimum Gasteiger partial charge on any atom is -0.455 e. The van der Waals surface area contributed by atoms with Gasteiger partial charge in [-0.2, -0.15) is 4.98 Å². The Kier molecular flexibility index (Phi) is 4.92. The molecule has 3 heterocycles. The van der Waals surface area contributed by atoms with Gasteiger partial charge in [0.1, 0.15) is 22.3 Å². The van der Waals surface area contributed by atoms with Gasteiger partial charge in [-0.1, -0.05) is 103 Å². The molecular weight excluding hydrogens is 564 g/mol. The van der Waals surface area contributed by atoms with Crippen LogP contribution in [0.3, 0.4) is 0 Å². The Labute approximate surface area is 256 Å². The zero-order chi connectivity index (χ0) is 28.9. The van der Waals surface area contributed by atoms with Gasteiger partial charge >= 0.3 is 0 Å². The van der Waals surface area contributed by atoms with Gasteiger partial charge in [-0.15, -0.1) is 0 Å². The Morgan fingerprint density at radius 2 is 1.39 bits per heavy atom. The lowest BCUT2D eigenvalue weighted by molar-refractivity contribution is 0.640. The van der Waals surface area contributed by atoms with Crippen LogP contribution in [-0.4, -0.2) is 9.97 Å². The van der Waals surface area contributed by atoms with Crippen LogP contribution in [0.4, 0.5) is 0 Å². The first-order valence-electron chi connectivity index (χ1n) is 15.0. The van der Waals surface area contributed by atoms with Crippen molar-refractivity contribution in [3.05, 3.63) is 131 Å². The van der Waals surface area contributed by atoms with Crippen molar-refractivity contribution in [3.63, 3.8) is 0 Å². The van der Waals surface area contributed by atoms with Crippen molar-refractivity contribution < 1.29 is 8.83 Å². The second-order valence-electron chi connectivity index (χ2n) is 11.7. The van der Waals surface area contributed by atoms with Gasteiger partial charge in [-0.05, 0) is 63.9 Å². The number of hydrogen-bond donors (Lipinski definition) is 0. The van der Waals surface area contributed by atoms with Crippen molar-refractivity contribution in [1.29, 1.82) is 0 Å². The Morgan fingerprint density at radius 3 is 2.30 bits per heavy atom. The monoisotopic (exact) mass is 586 g/mol. The van der Waals surface area contributed by atoms with Crippen LogP contribution in [0.2, 0.25) is 5.15 Å². The molecular formula is C39H23ClN2O2. The number of furan rings is 2. The number of fused-ring (bicyclic) bond motifs is 15. The number of halogens is 1. The molecule has 0 saturated carbocycles. The van der Waals surface area contributed by atoms with Gasteiger partial charge in [0.05, 0.1) is 5.69 Å². The molecule has 1 aliphatic rings. The molecule has 0 aliphatic heterocycles. The quantitative estimate of drug-likeness (QED) is 0.192. The van der Waals surface area contributed by atoms with E-state index in [1.807, 2.05) is 24.3 Å². The highest BCUT2D eigenvalue weighted by atomic mass is 35.5. The number of para-hydroxylation sites is 1. The van der Waals surface area contributed by atoms with E-state index in [2.05, 4.69) is 84.9 Å². The first-order chi connectivity index (χ1) is 21.7. The number of aryl methyl sites for hydroxylation is 1. The van der Waals surface area contributed by atoms with Crippen molar-refractivity contribution in [3.8, 4) is 11.1 Å². The molecule has 0 fully saturated rings. The lowest BCUT2D eigenvalue weighted by atomic mass is 9.83. The highest BCUT2D eigenvalue weighted by molar-refractivity contribution is 6.31. The molecule has 0 radical (unpaired) electrons. The van der Waals surface area contributed by atoms with Crippen molar-refractivity contribution in [2.75, 3.05) is 0 Å². The van der Waals surface area contributed by atoms with Gasteiger partial charge in [0.15, 0.2) is 5.15 Å². The average molecular weight is 587 g/mol. The Bertz CT molecular complexity index is 2650. The summed E-state index contributed by atoms with van der Waals surface area (Å²) in [4.78, 5) is 10.0. The highest BCUT2D eigenvalue weighted by Gasteiger charge is 2.33. The number of nitrogens with zero attached hydrogens (tertiary/aromatic N) is 2. The fourth-order valence-corrected chi connectivity index (χ4v) is 7.77. The first kappa shape index (κ1) is 24.3. The molecule has 9 aromatic rings. The molecule has 44 heavy (non-hydrogen) atoms. The molecule has 0 spiro atoms. The molecule has 5 heteroatoms. The van der Waals surface area contributed by atoms with Crippen LogP contribution in [0.1, 0.15) is 29.2 Å². The van der Waals surface area contributed by atoms with Gasteiger partial charge in [-0.25, -0.2) is 4.98 Å². The van der Waals surface area contributed by atoms with Crippen molar-refractivity contribution in [2.24, 2.45) is 0 Å². The molecule has 0 saturated heterocycles. The SMILES string of the molecule is Clc1nc2oc3ccccc3c2nc1C1CCc2ccccc2-c2c1c1oc3c4ccccc4ccc3c1c1ccccc21. The van der Waals surface area contributed by atoms with Crippen LogP contribution >= 0.6 is 11.6 Å². The predicted octanol–water partition coefficient (Wildman–Crippen LogP) is 11.0. The summed E-state index contributed by atoms with van der Waals surface area (Å²) in [7, 11) is 0. The minimum atomic E-state index is -0.158. The Morgan fingerprint density at radius 1 is 0.636 bits per heavy atom. The smallest absolute Gasteiger partial charge is 0.247 e. The van der Waals surface area contributed by atoms with Crippen LogP contribution in [0.5, 0.6) is 0 Å². The molecule has 0 N–H and O–H groups in total. The fraction of sp³-hybridized carbons (Fsp3) is 0.0769. The van der Waals surface area contributed by atoms with E-state index in [0.717, 1.165) is 73.3 Å². The molecule has 1 aliphatic carbocycles. The van der Waals surface area contributed by atoms with Gasteiger partial charge in [0.25, 0.3) is 0 Å². The second-order valence-corrected chi connectivity index (χ2v) is 12.1. The molecule has 6 aromatic carbocycles. The van der Waals surface area contributed by atoms with E-state index in [9.17, 15) is 0 Å². The van der Waals surface area contributed by atoms with Crippen LogP contribution in [0, 0.1) is 0 Å². The summed E-state index contributed by atoms with van der Waals surface area (Å²) in [6.07, 6.45) is 1.68. The number of rotatable bonds is 1. The lowest BCUT2D eigenvalue weighted by Crippen LogP contribution is -2.08. The molecule has 0 bridgehead atoms. The van der Waals surface area contributed by atoms with Gasteiger partial charge in [-0.3, -0.25) is 0 Å². The zero-order valence-electron chi connectivity index (χ0n) is 23.5. The third-order valence-electron chi connectivity index (χ3n) is 9.42. The van der Waals surface area contributed by atoms with Crippen LogP contribution in [0.25, 0.3) is 76.8 Å². The molecule has 3 aromatic heterocycles. The summed E-state index contributed by atoms with van der Waals surface area (Å²) in [5.74, 6) is -0.158. The van der Waals surface area contributed by atoms with Crippen LogP contribution < -0.4 is 0 Å². The van der Waals surface area contributed by atoms with E-state index in [1.165, 1.54) is 27.5 Å². The van der Waals surface area contributed by atoms with E-state index in [0.29, 0.717) is 10.9 Å². The summed E-state index contributed by atoms with van der Waals surface area (Å²) >= 11 is 7.06. The zero-order valence-corrected chi connectivity index (χ0v) is 24.2. The average Bonchev–Trinajstić information content (AvgIpc) is 3.58. The van der Waals surface area contributed by atoms with Crippen molar-refractivity contribution in [1.82, 2.24) is 9.97 Å². The lowest BCUT2D eigenvalue weighted by Gasteiger charge is -2.21. The van der Waals surface area contributed by atoms with E-state index in [-0.39, 0.29) is 5.92 Å². The molecule has 1 atom stereocenters. The molecule has 1 unspecified atom stereocenters. The third-order valence-corrected chi connectivity index (χ3v) is 9.70. The minimum absolute atomic E-state index is 0.158. The normalized spacial score (nSPS) is 15.0. The Balaban J connectivity index is 1.40. The maximum Gasteiger partial charge on any atom is 0.247 e. The summed E-state index contributed by atoms with van der Waals surface area (Å²) in [6, 6.07) is 38.2. The van der Waals surface area contributed by atoms with Crippen molar-refractivity contribution in [2.45, 2.75) is 18.8 Å².